The van der Waals surface area contributed by atoms with Gasteiger partial charge in [-0.15, -0.1) is 0 Å². The first-order valence-corrected chi connectivity index (χ1v) is 20.7. The molecule has 0 amide bonds. The number of aromatic amines is 1. The number of nitrogen functional groups attached to an aromatic ring is 1. The number of hydrogen-bond acceptors (Lipinski definition) is 7. The van der Waals surface area contributed by atoms with E-state index >= 15 is 0 Å². The Morgan fingerprint density at radius 1 is 1.00 bits per heavy atom. The maximum atomic E-state index is 12.4. The van der Waals surface area contributed by atoms with Crippen molar-refractivity contribution in [2.24, 2.45) is 29.6 Å². The third-order valence-corrected chi connectivity index (χ3v) is 12.4. The molecule has 2 heterocycles. The van der Waals surface area contributed by atoms with Gasteiger partial charge in [-0.2, -0.15) is 0 Å². The number of unbranched alkanes of at least 4 members (excludes halogenated alkanes) is 4. The van der Waals surface area contributed by atoms with E-state index in [4.69, 9.17) is 5.73 Å². The van der Waals surface area contributed by atoms with Crippen LogP contribution in [0.4, 0.5) is 5.82 Å². The second-order valence-electron chi connectivity index (χ2n) is 16.5. The van der Waals surface area contributed by atoms with Crippen molar-refractivity contribution in [3.8, 4) is 17.0 Å². The number of aliphatic hydroxyl groups is 3. The quantitative estimate of drug-likeness (QED) is 0.0421. The van der Waals surface area contributed by atoms with Gasteiger partial charge in [-0.25, -0.2) is 4.98 Å². The first-order chi connectivity index (χ1) is 26.0. The summed E-state index contributed by atoms with van der Waals surface area (Å²) in [5.41, 5.74) is 9.99. The highest BCUT2D eigenvalue weighted by Gasteiger charge is 2.46. The maximum Gasteiger partial charge on any atom is 0.309 e. The average Bonchev–Trinajstić information content (AvgIpc) is 3.69. The van der Waals surface area contributed by atoms with E-state index in [0.717, 1.165) is 79.4 Å². The number of aromatic nitrogens is 2. The van der Waals surface area contributed by atoms with Gasteiger partial charge in [0.05, 0.1) is 23.7 Å². The Morgan fingerprint density at radius 3 is 2.54 bits per heavy atom. The molecule has 0 bridgehead atoms. The number of aliphatic carboxylic acids is 1. The predicted octanol–water partition coefficient (Wildman–Crippen LogP) is 8.40. The molecule has 54 heavy (non-hydrogen) atoms. The Hall–Kier alpha value is -3.66. The summed E-state index contributed by atoms with van der Waals surface area (Å²) in [4.78, 5) is 20.1. The van der Waals surface area contributed by atoms with Crippen LogP contribution in [-0.2, 0) is 24.1 Å². The first-order valence-electron chi connectivity index (χ1n) is 20.7. The lowest BCUT2D eigenvalue weighted by molar-refractivity contribution is -0.146. The summed E-state index contributed by atoms with van der Waals surface area (Å²) >= 11 is 0. The van der Waals surface area contributed by atoms with Crippen LogP contribution in [-0.4, -0.2) is 59.3 Å². The van der Waals surface area contributed by atoms with E-state index in [0.29, 0.717) is 43.8 Å². The fourth-order valence-electron chi connectivity index (χ4n) is 9.35. The van der Waals surface area contributed by atoms with E-state index in [1.54, 1.807) is 18.3 Å². The maximum absolute atomic E-state index is 12.4. The van der Waals surface area contributed by atoms with Gasteiger partial charge >= 0.3 is 5.97 Å². The zero-order chi connectivity index (χ0) is 38.7. The molecular formula is C45H65N3O6. The molecule has 8 atom stereocenters. The molecule has 1 saturated carbocycles. The summed E-state index contributed by atoms with van der Waals surface area (Å²) in [6.45, 7) is 4.31. The Bertz CT molecular complexity index is 1660. The topological polar surface area (TPSA) is 173 Å². The second kappa shape index (κ2) is 19.8. The van der Waals surface area contributed by atoms with Gasteiger partial charge in [0.25, 0.3) is 0 Å². The van der Waals surface area contributed by atoms with Crippen molar-refractivity contribution in [2.45, 2.75) is 141 Å². The predicted molar refractivity (Wildman–Crippen MR) is 215 cm³/mol. The van der Waals surface area contributed by atoms with E-state index in [-0.39, 0.29) is 36.0 Å². The molecule has 2 aliphatic carbocycles. The molecule has 9 heteroatoms. The highest BCUT2D eigenvalue weighted by Crippen LogP contribution is 2.46. The Kier molecular flexibility index (Phi) is 15.2. The number of nitrogens with zero attached hydrogens (tertiary/aromatic N) is 1. The lowest BCUT2D eigenvalue weighted by atomic mass is 9.80. The van der Waals surface area contributed by atoms with Crippen molar-refractivity contribution in [3.63, 3.8) is 0 Å². The summed E-state index contributed by atoms with van der Waals surface area (Å²) < 4.78 is 0. The van der Waals surface area contributed by atoms with Crippen molar-refractivity contribution in [3.05, 3.63) is 77.6 Å². The highest BCUT2D eigenvalue weighted by molar-refractivity contribution is 5.70. The summed E-state index contributed by atoms with van der Waals surface area (Å²) in [5, 5.41) is 54.7. The highest BCUT2D eigenvalue weighted by atomic mass is 16.4. The molecule has 8 N–H and O–H groups in total. The number of carbonyl (C=O) groups is 1. The molecule has 2 aromatic heterocycles. The number of phenolic OH excluding ortho intramolecular Hbond substituents is 1. The number of benzene rings is 1. The average molecular weight is 744 g/mol. The van der Waals surface area contributed by atoms with E-state index in [1.807, 2.05) is 24.3 Å². The number of aryl methyl sites for hydroxylation is 1. The zero-order valence-corrected chi connectivity index (χ0v) is 32.5. The van der Waals surface area contributed by atoms with Crippen molar-refractivity contribution in [1.29, 1.82) is 0 Å². The van der Waals surface area contributed by atoms with Crippen LogP contribution in [0.15, 0.2) is 60.8 Å². The number of anilines is 1. The van der Waals surface area contributed by atoms with E-state index in [2.05, 4.69) is 42.0 Å². The van der Waals surface area contributed by atoms with E-state index in [1.165, 1.54) is 19.3 Å². The third-order valence-electron chi connectivity index (χ3n) is 12.4. The Morgan fingerprint density at radius 2 is 1.81 bits per heavy atom. The molecule has 5 rings (SSSR count). The molecule has 0 saturated heterocycles. The number of H-pyrrole nitrogens is 1. The first kappa shape index (κ1) is 41.5. The number of allylic oxidation sites excluding steroid dienone is 1. The van der Waals surface area contributed by atoms with Crippen LogP contribution in [0.2, 0.25) is 0 Å². The number of nitrogens with one attached hydrogen (secondary N) is 1. The van der Waals surface area contributed by atoms with Crippen LogP contribution in [0.1, 0.15) is 121 Å². The summed E-state index contributed by atoms with van der Waals surface area (Å²) in [5.74, 6) is -0.513. The fraction of sp³-hybridized carbons (Fsp3) is 0.600. The number of aromatic hydroxyl groups is 1. The van der Waals surface area contributed by atoms with Crippen LogP contribution >= 0.6 is 0 Å². The van der Waals surface area contributed by atoms with Gasteiger partial charge in [0, 0.05) is 29.1 Å². The van der Waals surface area contributed by atoms with Crippen LogP contribution < -0.4 is 5.73 Å². The number of rotatable bonds is 21. The van der Waals surface area contributed by atoms with Gasteiger partial charge in [0.2, 0.25) is 0 Å². The number of pyridine rings is 1. The van der Waals surface area contributed by atoms with Gasteiger partial charge in [0.1, 0.15) is 11.6 Å². The number of aliphatic hydroxyl groups excluding tert-OH is 2. The molecule has 0 spiro atoms. The summed E-state index contributed by atoms with van der Waals surface area (Å²) in [6.07, 6.45) is 18.2. The molecule has 296 valence electrons. The standard InChI is InChI=1S/C45H65N3O6/c1-3-5-7-11-30-16-17-34(41(51)24-30)12-8-6-9-15-39(44(52)53)40(50)18-20-45(54)29-32(22-31-19-21-47-42(46)25-31)23-36(45)28-37-26-33(4-2)43(48-37)35-13-10-14-38(49)27-35/h10,13-14,16-17,19,21,25-27,30,32,34,36,39-41,48-51,54H,3-9,11-12,15,18,20,22-24,28-29H2,1-2H3,(H2,46,47)(H,52,53). The minimum absolute atomic E-state index is 0.103. The van der Waals surface area contributed by atoms with Crippen molar-refractivity contribution >= 4 is 11.8 Å². The third kappa shape index (κ3) is 11.4. The number of phenols is 1. The van der Waals surface area contributed by atoms with Crippen LogP contribution in [0, 0.1) is 29.6 Å². The van der Waals surface area contributed by atoms with Crippen LogP contribution in [0.25, 0.3) is 11.3 Å². The minimum atomic E-state index is -1.08. The molecule has 1 aromatic carbocycles. The molecule has 0 radical (unpaired) electrons. The molecular weight excluding hydrogens is 679 g/mol. The van der Waals surface area contributed by atoms with Crippen molar-refractivity contribution in [2.75, 3.05) is 5.73 Å². The number of carboxylic acid groups (broad SMARTS) is 1. The fourth-order valence-corrected chi connectivity index (χ4v) is 9.35. The lowest BCUT2D eigenvalue weighted by Gasteiger charge is -2.32. The van der Waals surface area contributed by atoms with Gasteiger partial charge in [-0.3, -0.25) is 4.79 Å². The normalized spacial score (nSPS) is 25.2. The lowest BCUT2D eigenvalue weighted by Crippen LogP contribution is -2.37. The van der Waals surface area contributed by atoms with E-state index < -0.39 is 23.6 Å². The van der Waals surface area contributed by atoms with Gasteiger partial charge in [-0.05, 0) is 130 Å². The Labute approximate surface area is 322 Å². The molecule has 2 aliphatic rings. The molecule has 9 nitrogen and oxygen atoms in total. The monoisotopic (exact) mass is 743 g/mol. The molecule has 1 fully saturated rings. The second-order valence-corrected chi connectivity index (χ2v) is 16.5. The van der Waals surface area contributed by atoms with Crippen LogP contribution in [0.3, 0.4) is 0 Å². The molecule has 3 aromatic rings. The molecule has 8 unspecified atom stereocenters. The Balaban J connectivity index is 1.19. The number of nitrogens with two attached hydrogens (primary N) is 1. The van der Waals surface area contributed by atoms with Crippen LogP contribution in [0.5, 0.6) is 5.75 Å². The minimum Gasteiger partial charge on any atom is -0.508 e. The number of carboxylic acids is 1. The zero-order valence-electron chi connectivity index (χ0n) is 32.5. The van der Waals surface area contributed by atoms with Crippen molar-refractivity contribution in [1.82, 2.24) is 9.97 Å². The number of hydrogen-bond donors (Lipinski definition) is 7. The smallest absolute Gasteiger partial charge is 0.309 e. The summed E-state index contributed by atoms with van der Waals surface area (Å²) in [6, 6.07) is 13.2. The largest absolute Gasteiger partial charge is 0.508 e. The summed E-state index contributed by atoms with van der Waals surface area (Å²) in [7, 11) is 0. The van der Waals surface area contributed by atoms with Gasteiger partial charge in [0.15, 0.2) is 0 Å². The van der Waals surface area contributed by atoms with E-state index in [9.17, 15) is 30.3 Å². The SMILES string of the molecule is CCCCCC1C=CC(CCCCCC(C(=O)O)C(O)CCC2(O)CC(Cc3ccnc(N)c3)CC2Cc2cc(CC)c(-c3cccc(O)c3)[nH]2)C(O)C1. The van der Waals surface area contributed by atoms with Gasteiger partial charge < -0.3 is 36.3 Å². The molecule has 0 aliphatic heterocycles. The van der Waals surface area contributed by atoms with Crippen molar-refractivity contribution < 1.29 is 30.3 Å². The van der Waals surface area contributed by atoms with Gasteiger partial charge in [-0.1, -0.05) is 76.7 Å².